The van der Waals surface area contributed by atoms with E-state index in [0.29, 0.717) is 23.4 Å². The molecule has 0 aliphatic carbocycles. The van der Waals surface area contributed by atoms with Crippen LogP contribution in [0.4, 0.5) is 0 Å². The van der Waals surface area contributed by atoms with Gasteiger partial charge in [0.2, 0.25) is 0 Å². The van der Waals surface area contributed by atoms with Crippen molar-refractivity contribution in [2.24, 2.45) is 0 Å². The number of H-pyrrole nitrogens is 1. The largest absolute Gasteiger partial charge is 0.496 e. The normalized spacial score (nSPS) is 10.2. The van der Waals surface area contributed by atoms with Gasteiger partial charge in [0, 0.05) is 16.8 Å². The van der Waals surface area contributed by atoms with E-state index in [4.69, 9.17) is 9.47 Å². The third-order valence-electron chi connectivity index (χ3n) is 4.59. The smallest absolute Gasteiger partial charge is 0.266 e. The summed E-state index contributed by atoms with van der Waals surface area (Å²) >= 11 is 0. The van der Waals surface area contributed by atoms with Crippen LogP contribution in [0.5, 0.6) is 11.5 Å². The van der Waals surface area contributed by atoms with Crippen molar-refractivity contribution < 1.29 is 9.47 Å². The maximum Gasteiger partial charge on any atom is 0.266 e. The lowest BCUT2D eigenvalue weighted by Crippen LogP contribution is -2.12. The second-order valence-corrected chi connectivity index (χ2v) is 6.60. The zero-order chi connectivity index (χ0) is 20.8. The van der Waals surface area contributed by atoms with Crippen molar-refractivity contribution in [3.63, 3.8) is 0 Å². The first kappa shape index (κ1) is 20.0. The number of nitrogens with one attached hydrogen (secondary N) is 1. The van der Waals surface area contributed by atoms with Gasteiger partial charge in [-0.1, -0.05) is 30.3 Å². The first-order valence-corrected chi connectivity index (χ1v) is 9.20. The summed E-state index contributed by atoms with van der Waals surface area (Å²) in [5, 5.41) is 9.43. The van der Waals surface area contributed by atoms with Gasteiger partial charge >= 0.3 is 0 Å². The molecule has 0 spiro atoms. The fourth-order valence-electron chi connectivity index (χ4n) is 3.21. The number of aromatic nitrogens is 1. The van der Waals surface area contributed by atoms with Crippen LogP contribution in [-0.4, -0.2) is 12.1 Å². The van der Waals surface area contributed by atoms with Gasteiger partial charge in [-0.3, -0.25) is 4.79 Å². The zero-order valence-corrected chi connectivity index (χ0v) is 16.5. The maximum atomic E-state index is 12.1. The fourth-order valence-corrected chi connectivity index (χ4v) is 3.21. The number of hydrogen-bond acceptors (Lipinski definition) is 4. The molecule has 5 heteroatoms. The minimum Gasteiger partial charge on any atom is -0.496 e. The molecule has 1 heterocycles. The van der Waals surface area contributed by atoms with E-state index in [1.54, 1.807) is 20.1 Å². The van der Waals surface area contributed by atoms with E-state index in [0.717, 1.165) is 22.4 Å². The van der Waals surface area contributed by atoms with E-state index in [9.17, 15) is 10.1 Å². The number of nitrogens with zero attached hydrogens (tertiary/aromatic N) is 1. The van der Waals surface area contributed by atoms with Crippen molar-refractivity contribution >= 4 is 0 Å². The number of hydrogen-bond donors (Lipinski definition) is 1. The highest BCUT2D eigenvalue weighted by atomic mass is 16.5. The van der Waals surface area contributed by atoms with Crippen LogP contribution in [0.2, 0.25) is 0 Å². The Morgan fingerprint density at radius 2 is 1.93 bits per heavy atom. The number of methoxy groups -OCH3 is 1. The standard InChI is InChI=1S/C24H22N2O3/c1-4-7-17-8-5-6-9-23(17)29-15-19-13-18(10-11-22(19)28-3)20-12-16(2)26-24(27)21(20)14-25/h4-6,8-13H,1,7,15H2,2-3H3,(H,26,27). The van der Waals surface area contributed by atoms with Gasteiger partial charge in [-0.15, -0.1) is 6.58 Å². The Morgan fingerprint density at radius 1 is 1.14 bits per heavy atom. The highest BCUT2D eigenvalue weighted by Gasteiger charge is 2.13. The number of ether oxygens (including phenoxy) is 2. The quantitative estimate of drug-likeness (QED) is 0.605. The molecule has 3 aromatic rings. The Balaban J connectivity index is 1.99. The van der Waals surface area contributed by atoms with Crippen LogP contribution in [0.15, 0.2) is 66.0 Å². The molecule has 2 aromatic carbocycles. The molecule has 0 radical (unpaired) electrons. The van der Waals surface area contributed by atoms with E-state index in [1.165, 1.54) is 0 Å². The number of para-hydroxylation sites is 1. The second-order valence-electron chi connectivity index (χ2n) is 6.60. The highest BCUT2D eigenvalue weighted by Crippen LogP contribution is 2.29. The van der Waals surface area contributed by atoms with Crippen LogP contribution in [0.1, 0.15) is 22.4 Å². The summed E-state index contributed by atoms with van der Waals surface area (Å²) in [6, 6.07) is 17.2. The summed E-state index contributed by atoms with van der Waals surface area (Å²) in [6.45, 7) is 5.86. The number of benzene rings is 2. The topological polar surface area (TPSA) is 75.1 Å². The molecule has 3 rings (SSSR count). The van der Waals surface area contributed by atoms with E-state index in [1.807, 2.05) is 54.6 Å². The van der Waals surface area contributed by atoms with Crippen LogP contribution in [0, 0.1) is 18.3 Å². The lowest BCUT2D eigenvalue weighted by Gasteiger charge is -2.14. The van der Waals surface area contributed by atoms with Gasteiger partial charge in [-0.05, 0) is 48.7 Å². The van der Waals surface area contributed by atoms with Crippen molar-refractivity contribution in [3.8, 4) is 28.7 Å². The predicted octanol–water partition coefficient (Wildman–Crippen LogP) is 4.54. The Kier molecular flexibility index (Phi) is 6.16. The van der Waals surface area contributed by atoms with Crippen molar-refractivity contribution in [1.29, 1.82) is 5.26 Å². The Bertz CT molecular complexity index is 1140. The second kappa shape index (κ2) is 8.94. The van der Waals surface area contributed by atoms with E-state index >= 15 is 0 Å². The Morgan fingerprint density at radius 3 is 2.66 bits per heavy atom. The SMILES string of the molecule is C=CCc1ccccc1OCc1cc(-c2cc(C)[nH]c(=O)c2C#N)ccc1OC. The first-order chi connectivity index (χ1) is 14.1. The van der Waals surface area contributed by atoms with Crippen molar-refractivity contribution in [1.82, 2.24) is 4.98 Å². The van der Waals surface area contributed by atoms with Gasteiger partial charge in [-0.25, -0.2) is 0 Å². The summed E-state index contributed by atoms with van der Waals surface area (Å²) in [7, 11) is 1.60. The van der Waals surface area contributed by atoms with Gasteiger partial charge in [-0.2, -0.15) is 5.26 Å². The van der Waals surface area contributed by atoms with E-state index in [-0.39, 0.29) is 12.2 Å². The Hall–Kier alpha value is -3.78. The van der Waals surface area contributed by atoms with Crippen LogP contribution in [0.3, 0.4) is 0 Å². The number of allylic oxidation sites excluding steroid dienone is 1. The molecule has 0 fully saturated rings. The maximum absolute atomic E-state index is 12.1. The zero-order valence-electron chi connectivity index (χ0n) is 16.5. The molecule has 0 aliphatic rings. The lowest BCUT2D eigenvalue weighted by atomic mass is 9.99. The number of aryl methyl sites for hydroxylation is 1. The molecule has 0 bridgehead atoms. The average Bonchev–Trinajstić information content (AvgIpc) is 2.72. The summed E-state index contributed by atoms with van der Waals surface area (Å²) in [5.41, 5.74) is 3.60. The highest BCUT2D eigenvalue weighted by molar-refractivity contribution is 5.71. The average molecular weight is 386 g/mol. The van der Waals surface area contributed by atoms with Crippen LogP contribution < -0.4 is 15.0 Å². The third-order valence-corrected chi connectivity index (χ3v) is 4.59. The number of rotatable bonds is 7. The molecule has 146 valence electrons. The number of aromatic amines is 1. The van der Waals surface area contributed by atoms with Gasteiger partial charge < -0.3 is 14.5 Å². The molecule has 5 nitrogen and oxygen atoms in total. The fraction of sp³-hybridized carbons (Fsp3) is 0.167. The Labute approximate surface area is 169 Å². The summed E-state index contributed by atoms with van der Waals surface area (Å²) in [6.07, 6.45) is 2.55. The van der Waals surface area contributed by atoms with Crippen LogP contribution in [-0.2, 0) is 13.0 Å². The molecule has 0 atom stereocenters. The molecule has 0 amide bonds. The molecule has 0 aliphatic heterocycles. The van der Waals surface area contributed by atoms with Gasteiger partial charge in [0.25, 0.3) is 5.56 Å². The number of pyridine rings is 1. The summed E-state index contributed by atoms with van der Waals surface area (Å²) < 4.78 is 11.5. The third kappa shape index (κ3) is 4.39. The molecule has 1 N–H and O–H groups in total. The predicted molar refractivity (Wildman–Crippen MR) is 113 cm³/mol. The minimum absolute atomic E-state index is 0.0870. The minimum atomic E-state index is -0.394. The molecule has 29 heavy (non-hydrogen) atoms. The van der Waals surface area contributed by atoms with Crippen molar-refractivity contribution in [2.45, 2.75) is 20.0 Å². The molecular formula is C24H22N2O3. The summed E-state index contributed by atoms with van der Waals surface area (Å²) in [4.78, 5) is 14.8. The van der Waals surface area contributed by atoms with Crippen LogP contribution >= 0.6 is 0 Å². The van der Waals surface area contributed by atoms with Gasteiger partial charge in [0.05, 0.1) is 7.11 Å². The van der Waals surface area contributed by atoms with E-state index in [2.05, 4.69) is 11.6 Å². The van der Waals surface area contributed by atoms with Crippen LogP contribution in [0.25, 0.3) is 11.1 Å². The van der Waals surface area contributed by atoms with Gasteiger partial charge in [0.1, 0.15) is 29.7 Å². The first-order valence-electron chi connectivity index (χ1n) is 9.20. The lowest BCUT2D eigenvalue weighted by molar-refractivity contribution is 0.294. The molecule has 1 aromatic heterocycles. The van der Waals surface area contributed by atoms with Crippen molar-refractivity contribution in [3.05, 3.63) is 93.9 Å². The molecule has 0 unspecified atom stereocenters. The number of nitriles is 1. The molecule has 0 saturated heterocycles. The molecule has 0 saturated carbocycles. The molecular weight excluding hydrogens is 364 g/mol. The van der Waals surface area contributed by atoms with Crippen molar-refractivity contribution in [2.75, 3.05) is 7.11 Å². The van der Waals surface area contributed by atoms with E-state index < -0.39 is 5.56 Å². The van der Waals surface area contributed by atoms with Gasteiger partial charge in [0.15, 0.2) is 0 Å². The summed E-state index contributed by atoms with van der Waals surface area (Å²) in [5.74, 6) is 1.46. The monoisotopic (exact) mass is 386 g/mol.